The van der Waals surface area contributed by atoms with Gasteiger partial charge in [-0.05, 0) is 42.2 Å². The first-order chi connectivity index (χ1) is 14.4. The van der Waals surface area contributed by atoms with Gasteiger partial charge in [0.15, 0.2) is 0 Å². The summed E-state index contributed by atoms with van der Waals surface area (Å²) in [4.78, 5) is 25.9. The van der Waals surface area contributed by atoms with Gasteiger partial charge in [-0.25, -0.2) is 4.79 Å². The minimum absolute atomic E-state index is 0.0462. The number of alkyl halides is 2. The van der Waals surface area contributed by atoms with Crippen molar-refractivity contribution >= 4 is 11.9 Å². The van der Waals surface area contributed by atoms with Crippen LogP contribution in [-0.2, 0) is 17.9 Å². The van der Waals surface area contributed by atoms with Gasteiger partial charge in [0.1, 0.15) is 5.75 Å². The molecular formula is C22H25F2N3O3. The average Bonchev–Trinajstić information content (AvgIpc) is 3.11. The average molecular weight is 417 g/mol. The van der Waals surface area contributed by atoms with E-state index in [-0.39, 0.29) is 17.7 Å². The Hall–Kier alpha value is -3.16. The molecule has 0 saturated carbocycles. The summed E-state index contributed by atoms with van der Waals surface area (Å²) in [5.74, 6) is 0.222. The molecule has 0 spiro atoms. The van der Waals surface area contributed by atoms with Crippen LogP contribution in [0.3, 0.4) is 0 Å². The van der Waals surface area contributed by atoms with Crippen LogP contribution >= 0.6 is 0 Å². The lowest BCUT2D eigenvalue weighted by molar-refractivity contribution is -0.128. The summed E-state index contributed by atoms with van der Waals surface area (Å²) in [5.41, 5.74) is 2.60. The molecule has 160 valence electrons. The first-order valence-corrected chi connectivity index (χ1v) is 9.85. The van der Waals surface area contributed by atoms with E-state index in [0.717, 1.165) is 24.1 Å². The van der Waals surface area contributed by atoms with Crippen LogP contribution in [0, 0.1) is 0 Å². The van der Waals surface area contributed by atoms with E-state index in [1.54, 1.807) is 19.1 Å². The van der Waals surface area contributed by atoms with Gasteiger partial charge in [-0.2, -0.15) is 8.78 Å². The van der Waals surface area contributed by atoms with E-state index in [1.807, 2.05) is 29.2 Å². The van der Waals surface area contributed by atoms with E-state index in [4.69, 9.17) is 0 Å². The zero-order valence-electron chi connectivity index (χ0n) is 16.7. The van der Waals surface area contributed by atoms with Gasteiger partial charge in [0.05, 0.1) is 6.04 Å². The molecule has 3 rings (SSSR count). The molecule has 1 saturated heterocycles. The summed E-state index contributed by atoms with van der Waals surface area (Å²) in [6.07, 6.45) is 1.51. The second-order valence-electron chi connectivity index (χ2n) is 7.24. The lowest BCUT2D eigenvalue weighted by Crippen LogP contribution is -2.36. The molecule has 3 amide bonds. The summed E-state index contributed by atoms with van der Waals surface area (Å²) >= 11 is 0. The first kappa shape index (κ1) is 21.5. The lowest BCUT2D eigenvalue weighted by Gasteiger charge is -2.17. The van der Waals surface area contributed by atoms with Gasteiger partial charge in [-0.1, -0.05) is 36.4 Å². The molecule has 30 heavy (non-hydrogen) atoms. The van der Waals surface area contributed by atoms with Crippen LogP contribution in [0.15, 0.2) is 48.5 Å². The maximum Gasteiger partial charge on any atom is 0.387 e. The smallest absolute Gasteiger partial charge is 0.387 e. The minimum Gasteiger partial charge on any atom is -0.435 e. The quantitative estimate of drug-likeness (QED) is 0.683. The molecule has 0 aromatic heterocycles. The fourth-order valence-electron chi connectivity index (χ4n) is 3.40. The summed E-state index contributed by atoms with van der Waals surface area (Å²) in [6.45, 7) is 0.549. The highest BCUT2D eigenvalue weighted by Crippen LogP contribution is 2.20. The highest BCUT2D eigenvalue weighted by molar-refractivity contribution is 5.78. The van der Waals surface area contributed by atoms with Crippen molar-refractivity contribution in [2.24, 2.45) is 0 Å². The maximum absolute atomic E-state index is 12.4. The van der Waals surface area contributed by atoms with Crippen LogP contribution in [0.25, 0.3) is 0 Å². The number of benzene rings is 2. The highest BCUT2D eigenvalue weighted by Gasteiger charge is 2.20. The molecule has 1 fully saturated rings. The number of amides is 3. The zero-order chi connectivity index (χ0) is 21.5. The van der Waals surface area contributed by atoms with E-state index in [2.05, 4.69) is 15.4 Å². The van der Waals surface area contributed by atoms with Crippen molar-refractivity contribution < 1.29 is 23.1 Å². The number of hydrogen-bond donors (Lipinski definition) is 2. The Balaban J connectivity index is 1.51. The number of urea groups is 1. The van der Waals surface area contributed by atoms with E-state index in [0.29, 0.717) is 25.1 Å². The number of nitrogens with zero attached hydrogens (tertiary/aromatic N) is 1. The third-order valence-corrected chi connectivity index (χ3v) is 4.92. The molecule has 1 heterocycles. The van der Waals surface area contributed by atoms with Crippen molar-refractivity contribution in [1.82, 2.24) is 15.5 Å². The molecule has 6 nitrogen and oxygen atoms in total. The fraction of sp³-hybridized carbons (Fsp3) is 0.364. The van der Waals surface area contributed by atoms with Gasteiger partial charge < -0.3 is 20.3 Å². The number of carbonyl (C=O) groups excluding carboxylic acids is 2. The number of rotatable bonds is 8. The largest absolute Gasteiger partial charge is 0.435 e. The number of ether oxygens (including phenoxy) is 1. The standard InChI is InChI=1S/C22H25F2N3O3/c1-15(18-7-3-8-19(12-18)30-21(23)24)26-22(29)25-13-16-5-2-6-17(11-16)14-27-10-4-9-20(27)28/h2-3,5-8,11-12,15,21H,4,9-10,13-14H2,1H3,(H2,25,26,29). The predicted molar refractivity (Wildman–Crippen MR) is 108 cm³/mol. The SMILES string of the molecule is CC(NC(=O)NCc1cccc(CN2CCCC2=O)c1)c1cccc(OC(F)F)c1. The van der Waals surface area contributed by atoms with E-state index in [9.17, 15) is 18.4 Å². The number of carbonyl (C=O) groups is 2. The van der Waals surface area contributed by atoms with Crippen molar-refractivity contribution in [2.45, 2.75) is 45.5 Å². The summed E-state index contributed by atoms with van der Waals surface area (Å²) in [7, 11) is 0. The second-order valence-corrected chi connectivity index (χ2v) is 7.24. The van der Waals surface area contributed by atoms with Crippen molar-refractivity contribution in [3.8, 4) is 5.75 Å². The minimum atomic E-state index is -2.90. The van der Waals surface area contributed by atoms with E-state index < -0.39 is 12.7 Å². The Morgan fingerprint density at radius 1 is 1.17 bits per heavy atom. The van der Waals surface area contributed by atoms with Crippen LogP contribution in [0.2, 0.25) is 0 Å². The van der Waals surface area contributed by atoms with Crippen molar-refractivity contribution in [3.05, 3.63) is 65.2 Å². The number of likely N-dealkylation sites (tertiary alicyclic amines) is 1. The van der Waals surface area contributed by atoms with Gasteiger partial charge >= 0.3 is 12.6 Å². The van der Waals surface area contributed by atoms with E-state index >= 15 is 0 Å². The van der Waals surface area contributed by atoms with Crippen molar-refractivity contribution in [1.29, 1.82) is 0 Å². The van der Waals surface area contributed by atoms with Gasteiger partial charge in [0.2, 0.25) is 5.91 Å². The molecule has 8 heteroatoms. The van der Waals surface area contributed by atoms with Crippen molar-refractivity contribution in [2.75, 3.05) is 6.54 Å². The highest BCUT2D eigenvalue weighted by atomic mass is 19.3. The Labute approximate surface area is 174 Å². The maximum atomic E-state index is 12.4. The van der Waals surface area contributed by atoms with Gasteiger partial charge in [-0.3, -0.25) is 4.79 Å². The third kappa shape index (κ3) is 6.17. The Bertz CT molecular complexity index is 891. The normalized spacial score (nSPS) is 14.7. The lowest BCUT2D eigenvalue weighted by atomic mass is 10.1. The van der Waals surface area contributed by atoms with Gasteiger partial charge in [0, 0.05) is 26.1 Å². The summed E-state index contributed by atoms with van der Waals surface area (Å²) in [6, 6.07) is 13.2. The van der Waals surface area contributed by atoms with Crippen LogP contribution in [0.5, 0.6) is 5.75 Å². The van der Waals surface area contributed by atoms with Crippen LogP contribution < -0.4 is 15.4 Å². The number of halogens is 2. The Kier molecular flexibility index (Phi) is 7.21. The first-order valence-electron chi connectivity index (χ1n) is 9.85. The molecule has 0 radical (unpaired) electrons. The van der Waals surface area contributed by atoms with Crippen molar-refractivity contribution in [3.63, 3.8) is 0 Å². The molecule has 1 atom stereocenters. The molecule has 2 aromatic carbocycles. The van der Waals surface area contributed by atoms with E-state index in [1.165, 1.54) is 12.1 Å². The number of hydrogen-bond acceptors (Lipinski definition) is 3. The summed E-state index contributed by atoms with van der Waals surface area (Å²) < 4.78 is 29.1. The monoisotopic (exact) mass is 417 g/mol. The Morgan fingerprint density at radius 3 is 2.67 bits per heavy atom. The molecule has 1 unspecified atom stereocenters. The predicted octanol–water partition coefficient (Wildman–Crippen LogP) is 3.97. The third-order valence-electron chi connectivity index (χ3n) is 4.92. The number of nitrogens with one attached hydrogen (secondary N) is 2. The Morgan fingerprint density at radius 2 is 1.93 bits per heavy atom. The zero-order valence-corrected chi connectivity index (χ0v) is 16.7. The van der Waals surface area contributed by atoms with Gasteiger partial charge in [-0.15, -0.1) is 0 Å². The topological polar surface area (TPSA) is 70.7 Å². The fourth-order valence-corrected chi connectivity index (χ4v) is 3.40. The second kappa shape index (κ2) is 10.0. The molecule has 2 aromatic rings. The van der Waals surface area contributed by atoms with Crippen LogP contribution in [-0.4, -0.2) is 30.0 Å². The van der Waals surface area contributed by atoms with Crippen LogP contribution in [0.1, 0.15) is 42.5 Å². The molecule has 1 aliphatic rings. The van der Waals surface area contributed by atoms with Gasteiger partial charge in [0.25, 0.3) is 0 Å². The molecule has 1 aliphatic heterocycles. The van der Waals surface area contributed by atoms with Crippen LogP contribution in [0.4, 0.5) is 13.6 Å². The summed E-state index contributed by atoms with van der Waals surface area (Å²) in [5, 5.41) is 5.57. The molecule has 0 bridgehead atoms. The molecule has 2 N–H and O–H groups in total. The molecular weight excluding hydrogens is 392 g/mol. The molecule has 0 aliphatic carbocycles.